The SMILES string of the molecule is CN(C)C(=O)NCCNCCOc1ccc(C(=O)O)cc1. The number of hydrogen-bond donors (Lipinski definition) is 3. The van der Waals surface area contributed by atoms with Gasteiger partial charge in [-0.1, -0.05) is 0 Å². The average Bonchev–Trinajstić information content (AvgIpc) is 2.46. The van der Waals surface area contributed by atoms with Gasteiger partial charge in [-0.25, -0.2) is 9.59 Å². The first-order valence-electron chi connectivity index (χ1n) is 6.62. The highest BCUT2D eigenvalue weighted by Crippen LogP contribution is 2.11. The van der Waals surface area contributed by atoms with Crippen LogP contribution in [0.3, 0.4) is 0 Å². The Morgan fingerprint density at radius 3 is 2.38 bits per heavy atom. The van der Waals surface area contributed by atoms with Gasteiger partial charge in [0.15, 0.2) is 0 Å². The van der Waals surface area contributed by atoms with E-state index in [1.807, 2.05) is 0 Å². The standard InChI is InChI=1S/C14H21N3O4/c1-17(2)14(20)16-8-7-15-9-10-21-12-5-3-11(4-6-12)13(18)19/h3-6,15H,7-10H2,1-2H3,(H,16,20)(H,18,19). The lowest BCUT2D eigenvalue weighted by atomic mass is 10.2. The highest BCUT2D eigenvalue weighted by molar-refractivity contribution is 5.87. The van der Waals surface area contributed by atoms with Crippen LogP contribution in [0.4, 0.5) is 4.79 Å². The van der Waals surface area contributed by atoms with E-state index in [1.54, 1.807) is 26.2 Å². The molecule has 0 fully saturated rings. The average molecular weight is 295 g/mol. The number of carboxylic acids is 1. The van der Waals surface area contributed by atoms with E-state index < -0.39 is 5.97 Å². The van der Waals surface area contributed by atoms with Crippen molar-refractivity contribution in [2.45, 2.75) is 0 Å². The molecule has 3 N–H and O–H groups in total. The van der Waals surface area contributed by atoms with Crippen LogP contribution >= 0.6 is 0 Å². The molecule has 0 aromatic heterocycles. The molecule has 1 rings (SSSR count). The quantitative estimate of drug-likeness (QED) is 0.612. The Morgan fingerprint density at radius 1 is 1.14 bits per heavy atom. The zero-order valence-corrected chi connectivity index (χ0v) is 12.3. The minimum atomic E-state index is -0.956. The van der Waals surface area contributed by atoms with Crippen LogP contribution in [0.15, 0.2) is 24.3 Å². The van der Waals surface area contributed by atoms with Gasteiger partial charge in [-0.15, -0.1) is 0 Å². The predicted octanol–water partition coefficient (Wildman–Crippen LogP) is 0.624. The molecule has 0 aliphatic carbocycles. The number of hydrogen-bond acceptors (Lipinski definition) is 4. The topological polar surface area (TPSA) is 90.9 Å². The smallest absolute Gasteiger partial charge is 0.335 e. The van der Waals surface area contributed by atoms with E-state index in [0.717, 1.165) is 0 Å². The second-order valence-corrected chi connectivity index (χ2v) is 4.55. The van der Waals surface area contributed by atoms with Gasteiger partial charge in [0.2, 0.25) is 0 Å². The first kappa shape index (κ1) is 16.8. The molecule has 0 radical (unpaired) electrons. The molecular weight excluding hydrogens is 274 g/mol. The molecule has 116 valence electrons. The van der Waals surface area contributed by atoms with Crippen LogP contribution in [0, 0.1) is 0 Å². The summed E-state index contributed by atoms with van der Waals surface area (Å²) in [5, 5.41) is 14.6. The van der Waals surface area contributed by atoms with Crippen LogP contribution in [0.25, 0.3) is 0 Å². The lowest BCUT2D eigenvalue weighted by Crippen LogP contribution is -2.39. The molecule has 0 atom stereocenters. The van der Waals surface area contributed by atoms with Crippen molar-refractivity contribution in [3.63, 3.8) is 0 Å². The molecule has 7 nitrogen and oxygen atoms in total. The summed E-state index contributed by atoms with van der Waals surface area (Å²) in [5.41, 5.74) is 0.233. The minimum absolute atomic E-state index is 0.119. The maximum Gasteiger partial charge on any atom is 0.335 e. The highest BCUT2D eigenvalue weighted by Gasteiger charge is 2.02. The minimum Gasteiger partial charge on any atom is -0.492 e. The third-order valence-corrected chi connectivity index (χ3v) is 2.63. The van der Waals surface area contributed by atoms with Crippen LogP contribution in [0.2, 0.25) is 0 Å². The molecule has 21 heavy (non-hydrogen) atoms. The van der Waals surface area contributed by atoms with Crippen LogP contribution in [0.1, 0.15) is 10.4 Å². The molecular formula is C14H21N3O4. The van der Waals surface area contributed by atoms with Crippen LogP contribution in [-0.2, 0) is 0 Å². The van der Waals surface area contributed by atoms with Crippen molar-refractivity contribution in [1.29, 1.82) is 0 Å². The van der Waals surface area contributed by atoms with Gasteiger partial charge in [0.25, 0.3) is 0 Å². The van der Waals surface area contributed by atoms with Gasteiger partial charge in [0.1, 0.15) is 12.4 Å². The summed E-state index contributed by atoms with van der Waals surface area (Å²) in [5.74, 6) is -0.328. The molecule has 0 spiro atoms. The number of nitrogens with one attached hydrogen (secondary N) is 2. The second-order valence-electron chi connectivity index (χ2n) is 4.55. The number of ether oxygens (including phenoxy) is 1. The van der Waals surface area contributed by atoms with Gasteiger partial charge in [-0.05, 0) is 24.3 Å². The van der Waals surface area contributed by atoms with Crippen LogP contribution in [-0.4, -0.2) is 62.3 Å². The molecule has 0 unspecified atom stereocenters. The molecule has 0 aliphatic rings. The zero-order chi connectivity index (χ0) is 15.7. The molecule has 0 bridgehead atoms. The Morgan fingerprint density at radius 2 is 1.81 bits per heavy atom. The van der Waals surface area contributed by atoms with E-state index >= 15 is 0 Å². The lowest BCUT2D eigenvalue weighted by Gasteiger charge is -2.12. The van der Waals surface area contributed by atoms with E-state index in [0.29, 0.717) is 32.0 Å². The summed E-state index contributed by atoms with van der Waals surface area (Å²) in [4.78, 5) is 23.4. The first-order valence-corrected chi connectivity index (χ1v) is 6.62. The molecule has 7 heteroatoms. The number of carbonyl (C=O) groups excluding carboxylic acids is 1. The number of benzene rings is 1. The summed E-state index contributed by atoms with van der Waals surface area (Å²) in [6.07, 6.45) is 0. The Bertz CT molecular complexity index is 460. The summed E-state index contributed by atoms with van der Waals surface area (Å²) >= 11 is 0. The van der Waals surface area contributed by atoms with E-state index in [4.69, 9.17) is 9.84 Å². The van der Waals surface area contributed by atoms with Crippen LogP contribution in [0.5, 0.6) is 5.75 Å². The monoisotopic (exact) mass is 295 g/mol. The number of carboxylic acid groups (broad SMARTS) is 1. The summed E-state index contributed by atoms with van der Waals surface area (Å²) < 4.78 is 5.46. The highest BCUT2D eigenvalue weighted by atomic mass is 16.5. The number of amides is 2. The Kier molecular flexibility index (Phi) is 7.03. The number of urea groups is 1. The Hall–Kier alpha value is -2.28. The van der Waals surface area contributed by atoms with E-state index in [-0.39, 0.29) is 11.6 Å². The number of rotatable bonds is 8. The van der Waals surface area contributed by atoms with Crippen molar-refractivity contribution in [2.75, 3.05) is 40.3 Å². The summed E-state index contributed by atoms with van der Waals surface area (Å²) in [7, 11) is 3.37. The fourth-order valence-corrected chi connectivity index (χ4v) is 1.48. The van der Waals surface area contributed by atoms with Crippen molar-refractivity contribution in [2.24, 2.45) is 0 Å². The normalized spacial score (nSPS) is 10.0. The largest absolute Gasteiger partial charge is 0.492 e. The van der Waals surface area contributed by atoms with Gasteiger partial charge in [-0.3, -0.25) is 0 Å². The van der Waals surface area contributed by atoms with Gasteiger partial charge in [-0.2, -0.15) is 0 Å². The molecule has 0 aliphatic heterocycles. The Balaban J connectivity index is 2.09. The first-order chi connectivity index (χ1) is 10.0. The second kappa shape index (κ2) is 8.80. The predicted molar refractivity (Wildman–Crippen MR) is 78.9 cm³/mol. The molecule has 1 aromatic rings. The molecule has 0 heterocycles. The summed E-state index contributed by atoms with van der Waals surface area (Å²) in [6, 6.07) is 6.14. The van der Waals surface area contributed by atoms with Gasteiger partial charge in [0.05, 0.1) is 5.56 Å². The fourth-order valence-electron chi connectivity index (χ4n) is 1.48. The fraction of sp³-hybridized carbons (Fsp3) is 0.429. The van der Waals surface area contributed by atoms with Crippen molar-refractivity contribution >= 4 is 12.0 Å². The third-order valence-electron chi connectivity index (χ3n) is 2.63. The van der Waals surface area contributed by atoms with Gasteiger partial charge < -0.3 is 25.4 Å². The lowest BCUT2D eigenvalue weighted by molar-refractivity contribution is 0.0697. The Labute approximate surface area is 123 Å². The van der Waals surface area contributed by atoms with Crippen molar-refractivity contribution in [1.82, 2.24) is 15.5 Å². The number of nitrogens with zero attached hydrogens (tertiary/aromatic N) is 1. The van der Waals surface area contributed by atoms with Crippen molar-refractivity contribution in [3.8, 4) is 5.75 Å². The van der Waals surface area contributed by atoms with Crippen LogP contribution < -0.4 is 15.4 Å². The maximum atomic E-state index is 11.2. The molecule has 0 saturated heterocycles. The third kappa shape index (κ3) is 6.62. The van der Waals surface area contributed by atoms with E-state index in [2.05, 4.69) is 10.6 Å². The van der Waals surface area contributed by atoms with Crippen molar-refractivity contribution < 1.29 is 19.4 Å². The van der Waals surface area contributed by atoms with E-state index in [9.17, 15) is 9.59 Å². The maximum absolute atomic E-state index is 11.2. The summed E-state index contributed by atoms with van der Waals surface area (Å²) in [6.45, 7) is 2.30. The van der Waals surface area contributed by atoms with E-state index in [1.165, 1.54) is 17.0 Å². The molecule has 1 aromatic carbocycles. The van der Waals surface area contributed by atoms with Crippen molar-refractivity contribution in [3.05, 3.63) is 29.8 Å². The molecule has 0 saturated carbocycles. The van der Waals surface area contributed by atoms with Gasteiger partial charge >= 0.3 is 12.0 Å². The number of aromatic carboxylic acids is 1. The molecule has 2 amide bonds. The zero-order valence-electron chi connectivity index (χ0n) is 12.3. The van der Waals surface area contributed by atoms with Gasteiger partial charge in [0, 0.05) is 33.7 Å². The number of carbonyl (C=O) groups is 2.